The van der Waals surface area contributed by atoms with Crippen molar-refractivity contribution >= 4 is 5.91 Å². The summed E-state index contributed by atoms with van der Waals surface area (Å²) in [6.45, 7) is 8.37. The third-order valence-electron chi connectivity index (χ3n) is 4.38. The summed E-state index contributed by atoms with van der Waals surface area (Å²) in [5, 5.41) is 13.6. The van der Waals surface area contributed by atoms with E-state index in [-0.39, 0.29) is 11.9 Å². The van der Waals surface area contributed by atoms with Gasteiger partial charge in [0.25, 0.3) is 5.91 Å². The summed E-state index contributed by atoms with van der Waals surface area (Å²) in [4.78, 5) is 12.3. The molecule has 0 radical (unpaired) electrons. The van der Waals surface area contributed by atoms with Crippen LogP contribution in [0.15, 0.2) is 54.6 Å². The highest BCUT2D eigenvalue weighted by Gasteiger charge is 2.11. The van der Waals surface area contributed by atoms with E-state index in [0.29, 0.717) is 12.2 Å². The average Bonchev–Trinajstić information content (AvgIpc) is 3.22. The Morgan fingerprint density at radius 3 is 2.62 bits per heavy atom. The molecule has 0 bridgehead atoms. The number of carbonyl (C=O) groups is 1. The molecule has 0 aliphatic heterocycles. The van der Waals surface area contributed by atoms with E-state index in [4.69, 9.17) is 4.74 Å². The van der Waals surface area contributed by atoms with Gasteiger partial charge >= 0.3 is 0 Å². The summed E-state index contributed by atoms with van der Waals surface area (Å²) in [6, 6.07) is 17.5. The van der Waals surface area contributed by atoms with Crippen LogP contribution in [0.3, 0.4) is 0 Å². The number of aromatic nitrogens is 2. The summed E-state index contributed by atoms with van der Waals surface area (Å²) < 4.78 is 5.71. The van der Waals surface area contributed by atoms with Crippen molar-refractivity contribution in [3.8, 4) is 28.3 Å². The molecule has 6 heteroatoms. The number of ether oxygens (including phenoxy) is 1. The minimum absolute atomic E-state index is 0.0812. The lowest BCUT2D eigenvalue weighted by Crippen LogP contribution is -2.30. The van der Waals surface area contributed by atoms with Crippen LogP contribution < -0.4 is 15.4 Å². The summed E-state index contributed by atoms with van der Waals surface area (Å²) in [5.74, 6) is 0.762. The van der Waals surface area contributed by atoms with Gasteiger partial charge in [0, 0.05) is 23.7 Å². The number of H-pyrrole nitrogens is 1. The van der Waals surface area contributed by atoms with Gasteiger partial charge in [-0.05, 0) is 68.4 Å². The van der Waals surface area contributed by atoms with Gasteiger partial charge in [0.2, 0.25) is 0 Å². The summed E-state index contributed by atoms with van der Waals surface area (Å²) in [6.07, 6.45) is 0. The Morgan fingerprint density at radius 2 is 1.90 bits per heavy atom. The van der Waals surface area contributed by atoms with Gasteiger partial charge in [-0.25, -0.2) is 0 Å². The van der Waals surface area contributed by atoms with Gasteiger partial charge in [-0.15, -0.1) is 0 Å². The second-order valence-corrected chi connectivity index (χ2v) is 7.10. The van der Waals surface area contributed by atoms with Crippen LogP contribution in [0, 0.1) is 0 Å². The maximum absolute atomic E-state index is 12.3. The Hall–Kier alpha value is -3.12. The van der Waals surface area contributed by atoms with Crippen LogP contribution in [-0.4, -0.2) is 41.8 Å². The molecule has 1 heterocycles. The molecule has 3 N–H and O–H groups in total. The Labute approximate surface area is 171 Å². The van der Waals surface area contributed by atoms with Crippen molar-refractivity contribution in [2.75, 3.05) is 19.7 Å². The van der Waals surface area contributed by atoms with Gasteiger partial charge in [0.15, 0.2) is 0 Å². The highest BCUT2D eigenvalue weighted by atomic mass is 16.5. The van der Waals surface area contributed by atoms with Gasteiger partial charge in [-0.2, -0.15) is 5.10 Å². The third kappa shape index (κ3) is 5.68. The van der Waals surface area contributed by atoms with Crippen molar-refractivity contribution in [1.29, 1.82) is 0 Å². The molecule has 0 aliphatic carbocycles. The number of nitrogens with zero attached hydrogens (tertiary/aromatic N) is 1. The van der Waals surface area contributed by atoms with E-state index in [1.807, 2.05) is 68.4 Å². The second-order valence-electron chi connectivity index (χ2n) is 7.10. The van der Waals surface area contributed by atoms with Crippen LogP contribution in [0.1, 0.15) is 31.1 Å². The SMILES string of the molecule is CCNCCOc1ccc(-c2cc(-c3cccc(C(=O)NC(C)C)c3)n[nH]2)cc1. The molecule has 3 rings (SSSR count). The lowest BCUT2D eigenvalue weighted by Gasteiger charge is -2.08. The number of carbonyl (C=O) groups excluding carboxylic acids is 1. The van der Waals surface area contributed by atoms with Gasteiger partial charge in [0.1, 0.15) is 12.4 Å². The smallest absolute Gasteiger partial charge is 0.251 e. The first-order valence-corrected chi connectivity index (χ1v) is 9.97. The fraction of sp³-hybridized carbons (Fsp3) is 0.304. The molecule has 1 amide bonds. The molecule has 2 aromatic carbocycles. The topological polar surface area (TPSA) is 79.0 Å². The summed E-state index contributed by atoms with van der Waals surface area (Å²) in [5.41, 5.74) is 4.25. The Morgan fingerprint density at radius 1 is 1.10 bits per heavy atom. The van der Waals surface area contributed by atoms with Crippen LogP contribution in [0.4, 0.5) is 0 Å². The van der Waals surface area contributed by atoms with Crippen molar-refractivity contribution in [2.45, 2.75) is 26.8 Å². The quantitative estimate of drug-likeness (QED) is 0.483. The predicted molar refractivity (Wildman–Crippen MR) is 116 cm³/mol. The predicted octanol–water partition coefficient (Wildman–Crippen LogP) is 3.87. The minimum atomic E-state index is -0.0812. The first-order chi connectivity index (χ1) is 14.1. The minimum Gasteiger partial charge on any atom is -0.492 e. The van der Waals surface area contributed by atoms with Crippen LogP contribution in [0.2, 0.25) is 0 Å². The molecule has 0 fully saturated rings. The Balaban J connectivity index is 1.70. The molecule has 6 nitrogen and oxygen atoms in total. The molecular formula is C23H28N4O2. The average molecular weight is 393 g/mol. The normalized spacial score (nSPS) is 10.9. The number of rotatable bonds is 9. The molecule has 0 atom stereocenters. The van der Waals surface area contributed by atoms with E-state index in [1.165, 1.54) is 0 Å². The summed E-state index contributed by atoms with van der Waals surface area (Å²) >= 11 is 0. The lowest BCUT2D eigenvalue weighted by molar-refractivity contribution is 0.0943. The maximum atomic E-state index is 12.3. The lowest BCUT2D eigenvalue weighted by atomic mass is 10.1. The van der Waals surface area contributed by atoms with Gasteiger partial charge in [0.05, 0.1) is 11.4 Å². The van der Waals surface area contributed by atoms with Crippen LogP contribution in [0.5, 0.6) is 5.75 Å². The molecule has 0 spiro atoms. The fourth-order valence-corrected chi connectivity index (χ4v) is 2.93. The van der Waals surface area contributed by atoms with Crippen LogP contribution >= 0.6 is 0 Å². The zero-order valence-electron chi connectivity index (χ0n) is 17.2. The molecule has 29 heavy (non-hydrogen) atoms. The number of nitrogens with one attached hydrogen (secondary N) is 3. The molecule has 1 aromatic heterocycles. The number of hydrogen-bond acceptors (Lipinski definition) is 4. The van der Waals surface area contributed by atoms with E-state index in [1.54, 1.807) is 0 Å². The largest absolute Gasteiger partial charge is 0.492 e. The molecular weight excluding hydrogens is 364 g/mol. The molecule has 3 aromatic rings. The van der Waals surface area contributed by atoms with Gasteiger partial charge in [-0.1, -0.05) is 19.1 Å². The standard InChI is InChI=1S/C23H28N4O2/c1-4-24-12-13-29-20-10-8-17(9-11-20)21-15-22(27-26-21)18-6-5-7-19(14-18)23(28)25-16(2)3/h5-11,14-16,24H,4,12-13H2,1-3H3,(H,25,28)(H,26,27). The van der Waals surface area contributed by atoms with Crippen molar-refractivity contribution in [3.63, 3.8) is 0 Å². The first-order valence-electron chi connectivity index (χ1n) is 9.97. The van der Waals surface area contributed by atoms with Gasteiger partial charge in [-0.3, -0.25) is 9.89 Å². The Kier molecular flexibility index (Phi) is 7.03. The highest BCUT2D eigenvalue weighted by Crippen LogP contribution is 2.26. The second kappa shape index (κ2) is 9.89. The number of benzene rings is 2. The van der Waals surface area contributed by atoms with Crippen molar-refractivity contribution in [3.05, 3.63) is 60.2 Å². The molecule has 152 valence electrons. The fourth-order valence-electron chi connectivity index (χ4n) is 2.93. The van der Waals surface area contributed by atoms with Gasteiger partial charge < -0.3 is 15.4 Å². The summed E-state index contributed by atoms with van der Waals surface area (Å²) in [7, 11) is 0. The molecule has 0 saturated heterocycles. The van der Waals surface area contributed by atoms with Crippen molar-refractivity contribution in [2.24, 2.45) is 0 Å². The molecule has 0 saturated carbocycles. The van der Waals surface area contributed by atoms with E-state index in [2.05, 4.69) is 27.8 Å². The van der Waals surface area contributed by atoms with E-state index < -0.39 is 0 Å². The third-order valence-corrected chi connectivity index (χ3v) is 4.38. The number of amides is 1. The van der Waals surface area contributed by atoms with Crippen molar-refractivity contribution in [1.82, 2.24) is 20.8 Å². The van der Waals surface area contributed by atoms with E-state index in [9.17, 15) is 4.79 Å². The zero-order chi connectivity index (χ0) is 20.6. The molecule has 0 aliphatic rings. The zero-order valence-corrected chi connectivity index (χ0v) is 17.2. The Bertz CT molecular complexity index is 932. The monoisotopic (exact) mass is 392 g/mol. The highest BCUT2D eigenvalue weighted by molar-refractivity contribution is 5.95. The van der Waals surface area contributed by atoms with Crippen molar-refractivity contribution < 1.29 is 9.53 Å². The van der Waals surface area contributed by atoms with E-state index in [0.717, 1.165) is 41.4 Å². The number of aromatic amines is 1. The first kappa shape index (κ1) is 20.6. The number of hydrogen-bond donors (Lipinski definition) is 3. The maximum Gasteiger partial charge on any atom is 0.251 e. The van der Waals surface area contributed by atoms with Crippen LogP contribution in [-0.2, 0) is 0 Å². The number of likely N-dealkylation sites (N-methyl/N-ethyl adjacent to an activating group) is 1. The van der Waals surface area contributed by atoms with E-state index >= 15 is 0 Å². The van der Waals surface area contributed by atoms with Crippen LogP contribution in [0.25, 0.3) is 22.5 Å². The molecule has 0 unspecified atom stereocenters.